The molecule has 5 nitrogen and oxygen atoms in total. The third-order valence-electron chi connectivity index (χ3n) is 15.0. The maximum Gasteiger partial charge on any atom is 0.361 e. The van der Waals surface area contributed by atoms with E-state index in [0.29, 0.717) is 52.2 Å². The molecule has 0 amide bonds. The highest BCUT2D eigenvalue weighted by Gasteiger charge is 2.72. The van der Waals surface area contributed by atoms with Crippen LogP contribution in [0.25, 0.3) is 0 Å². The number of ether oxygens (including phenoxy) is 2. The van der Waals surface area contributed by atoms with Crippen LogP contribution >= 0.6 is 0 Å². The molecule has 10 atom stereocenters. The van der Waals surface area contributed by atoms with Crippen molar-refractivity contribution in [2.45, 2.75) is 125 Å². The van der Waals surface area contributed by atoms with Crippen LogP contribution in [0.2, 0.25) is 0 Å². The van der Waals surface area contributed by atoms with E-state index in [-0.39, 0.29) is 24.1 Å². The minimum atomic E-state index is -0.123. The Labute approximate surface area is 237 Å². The number of carbonyl (C=O) groups excluding carboxylic acids is 1. The van der Waals surface area contributed by atoms with E-state index in [1.165, 1.54) is 57.8 Å². The smallest absolute Gasteiger partial charge is 0.361 e. The number of carbonyl (C=O) groups is 1. The largest absolute Gasteiger partial charge is 0.458 e. The van der Waals surface area contributed by atoms with Crippen LogP contribution in [0.3, 0.4) is 0 Å². The average molecular weight is 545 g/mol. The van der Waals surface area contributed by atoms with E-state index in [0.717, 1.165) is 30.8 Å². The maximum absolute atomic E-state index is 12.7. The maximum atomic E-state index is 12.7. The molecule has 5 saturated carbocycles. The van der Waals surface area contributed by atoms with Crippen LogP contribution in [0.5, 0.6) is 0 Å². The van der Waals surface area contributed by atoms with Crippen molar-refractivity contribution in [2.75, 3.05) is 26.3 Å². The van der Waals surface area contributed by atoms with Gasteiger partial charge in [-0.1, -0.05) is 48.5 Å². The molecule has 0 aromatic rings. The number of nitrogens with two attached hydrogens (primary N) is 1. The Morgan fingerprint density at radius 3 is 2.36 bits per heavy atom. The van der Waals surface area contributed by atoms with E-state index in [9.17, 15) is 4.79 Å². The van der Waals surface area contributed by atoms with E-state index < -0.39 is 0 Å². The van der Waals surface area contributed by atoms with E-state index in [1.807, 2.05) is 5.32 Å². The van der Waals surface area contributed by atoms with Gasteiger partial charge < -0.3 is 19.9 Å². The predicted molar refractivity (Wildman–Crippen MR) is 153 cm³/mol. The lowest BCUT2D eigenvalue weighted by Gasteiger charge is -2.73. The Hall–Kier alpha value is -0.650. The first-order valence-electron chi connectivity index (χ1n) is 16.5. The summed E-state index contributed by atoms with van der Waals surface area (Å²) in [6.07, 6.45) is 13.4. The Morgan fingerprint density at radius 1 is 0.872 bits per heavy atom. The first-order valence-corrected chi connectivity index (χ1v) is 16.5. The zero-order valence-electron chi connectivity index (χ0n) is 26.1. The van der Waals surface area contributed by atoms with Crippen molar-refractivity contribution < 1.29 is 24.7 Å². The van der Waals surface area contributed by atoms with Crippen LogP contribution in [-0.4, -0.2) is 49.6 Å². The van der Waals surface area contributed by atoms with Gasteiger partial charge in [-0.15, -0.1) is 0 Å². The molecule has 1 aliphatic heterocycles. The zero-order valence-corrected chi connectivity index (χ0v) is 26.1. The van der Waals surface area contributed by atoms with Gasteiger partial charge in [-0.05, 0) is 115 Å². The van der Waals surface area contributed by atoms with Gasteiger partial charge >= 0.3 is 5.97 Å². The molecule has 6 aliphatic rings. The second-order valence-electron chi connectivity index (χ2n) is 17.1. The lowest BCUT2D eigenvalue weighted by atomic mass is 9.31. The summed E-state index contributed by atoms with van der Waals surface area (Å²) in [6.45, 7) is 19.8. The van der Waals surface area contributed by atoms with Crippen LogP contribution in [0.1, 0.15) is 113 Å². The van der Waals surface area contributed by atoms with Gasteiger partial charge in [0, 0.05) is 5.41 Å². The third-order valence-corrected chi connectivity index (χ3v) is 15.0. The highest BCUT2D eigenvalue weighted by Crippen LogP contribution is 2.78. The Kier molecular flexibility index (Phi) is 6.70. The fourth-order valence-electron chi connectivity index (χ4n) is 12.7. The van der Waals surface area contributed by atoms with Crippen molar-refractivity contribution in [1.82, 2.24) is 0 Å². The first-order chi connectivity index (χ1) is 18.3. The van der Waals surface area contributed by atoms with Crippen molar-refractivity contribution in [2.24, 2.45) is 56.2 Å². The molecule has 0 aromatic heterocycles. The van der Waals surface area contributed by atoms with Gasteiger partial charge in [-0.3, -0.25) is 0 Å². The molecule has 5 aliphatic carbocycles. The number of aliphatic hydroxyl groups excluding tert-OH is 1. The highest BCUT2D eigenvalue weighted by molar-refractivity contribution is 5.70. The molecule has 0 aromatic carbocycles. The van der Waals surface area contributed by atoms with Crippen molar-refractivity contribution >= 4 is 5.97 Å². The number of aliphatic hydroxyl groups is 1. The summed E-state index contributed by atoms with van der Waals surface area (Å²) in [5.74, 6) is 2.74. The van der Waals surface area contributed by atoms with E-state index in [1.54, 1.807) is 0 Å². The SMILES string of the molecule is CC1(C)CC[C@]23CC[C@]4(C)C(CCC5[C@@]6(C)CC[C@H](OC(=O)C[NH2+]CCO)C(C)(C)C6CC[C@]54C)C2[C@H]1OC3. The van der Waals surface area contributed by atoms with Crippen molar-refractivity contribution in [1.29, 1.82) is 0 Å². The normalized spacial score (nSPS) is 51.2. The molecule has 1 heterocycles. The molecule has 1 saturated heterocycles. The van der Waals surface area contributed by atoms with Crippen LogP contribution in [0.4, 0.5) is 0 Å². The Morgan fingerprint density at radius 2 is 1.62 bits per heavy atom. The van der Waals surface area contributed by atoms with E-state index >= 15 is 0 Å². The number of hydrogen-bond donors (Lipinski definition) is 2. The third kappa shape index (κ3) is 3.83. The van der Waals surface area contributed by atoms with E-state index in [4.69, 9.17) is 14.6 Å². The molecule has 0 radical (unpaired) electrons. The molecule has 3 N–H and O–H groups in total. The van der Waals surface area contributed by atoms with Gasteiger partial charge in [0.05, 0.1) is 25.9 Å². The van der Waals surface area contributed by atoms with Crippen LogP contribution in [0, 0.1) is 56.2 Å². The second-order valence-corrected chi connectivity index (χ2v) is 17.1. The van der Waals surface area contributed by atoms with Gasteiger partial charge in [0.2, 0.25) is 0 Å². The quantitative estimate of drug-likeness (QED) is 0.362. The summed E-state index contributed by atoms with van der Waals surface area (Å²) in [6, 6.07) is 0. The molecule has 222 valence electrons. The molecule has 2 bridgehead atoms. The first kappa shape index (κ1) is 28.5. The molecule has 39 heavy (non-hydrogen) atoms. The predicted octanol–water partition coefficient (Wildman–Crippen LogP) is 5.34. The average Bonchev–Trinajstić information content (AvgIpc) is 3.20. The standard InChI is InChI=1S/C34H57NO4/c1-29(2)14-16-34-17-15-32(6)22(27(34)28(29)38-21-34)8-9-24-31(5)12-11-25(39-26(37)20-35-18-19-36)30(3,4)23(31)10-13-33(24,32)7/h22-25,27-28,35-36H,8-21H2,1-7H3/p+1/t22?,23?,24?,25-,27?,28+,31-,32+,33+,34+/m0/s1. The van der Waals surface area contributed by atoms with Crippen LogP contribution in [0.15, 0.2) is 0 Å². The van der Waals surface area contributed by atoms with Gasteiger partial charge in [-0.25, -0.2) is 4.79 Å². The topological polar surface area (TPSA) is 72.4 Å². The van der Waals surface area contributed by atoms with Crippen LogP contribution in [-0.2, 0) is 14.3 Å². The summed E-state index contributed by atoms with van der Waals surface area (Å²) < 4.78 is 12.9. The minimum absolute atomic E-state index is 0.00586. The Balaban J connectivity index is 1.26. The van der Waals surface area contributed by atoms with Gasteiger partial charge in [0.15, 0.2) is 6.54 Å². The Bertz CT molecular complexity index is 978. The van der Waals surface area contributed by atoms with Crippen molar-refractivity contribution in [3.8, 4) is 0 Å². The summed E-state index contributed by atoms with van der Waals surface area (Å²) in [4.78, 5) is 12.7. The van der Waals surface area contributed by atoms with Gasteiger partial charge in [0.1, 0.15) is 6.10 Å². The number of hydrogen-bond acceptors (Lipinski definition) is 4. The lowest BCUT2D eigenvalue weighted by molar-refractivity contribution is -0.646. The van der Waals surface area contributed by atoms with Crippen molar-refractivity contribution in [3.63, 3.8) is 0 Å². The molecular weight excluding hydrogens is 486 g/mol. The van der Waals surface area contributed by atoms with E-state index in [2.05, 4.69) is 48.5 Å². The van der Waals surface area contributed by atoms with Crippen molar-refractivity contribution in [3.05, 3.63) is 0 Å². The molecule has 5 heteroatoms. The fraction of sp³-hybridized carbons (Fsp3) is 0.971. The summed E-state index contributed by atoms with van der Waals surface area (Å²) >= 11 is 0. The molecule has 0 spiro atoms. The molecular formula is C34H58NO4+. The fourth-order valence-corrected chi connectivity index (χ4v) is 12.7. The highest BCUT2D eigenvalue weighted by atomic mass is 16.5. The lowest BCUT2D eigenvalue weighted by Crippen LogP contribution is -2.87. The monoisotopic (exact) mass is 544 g/mol. The van der Waals surface area contributed by atoms with Crippen LogP contribution < -0.4 is 5.32 Å². The van der Waals surface area contributed by atoms with Gasteiger partial charge in [-0.2, -0.15) is 0 Å². The molecule has 4 unspecified atom stereocenters. The number of rotatable bonds is 5. The summed E-state index contributed by atoms with van der Waals surface area (Å²) in [5, 5.41) is 10.9. The second kappa shape index (κ2) is 9.17. The zero-order chi connectivity index (χ0) is 28.1. The number of esters is 1. The summed E-state index contributed by atoms with van der Waals surface area (Å²) in [5.41, 5.74) is 1.78. The molecule has 6 fully saturated rings. The minimum Gasteiger partial charge on any atom is -0.458 e. The number of quaternary nitrogens is 1. The van der Waals surface area contributed by atoms with Gasteiger partial charge in [0.25, 0.3) is 0 Å². The summed E-state index contributed by atoms with van der Waals surface area (Å²) in [7, 11) is 0. The molecule has 6 rings (SSSR count). The number of fused-ring (bicyclic) bond motifs is 5.